The molecule has 8 nitrogen and oxygen atoms in total. The Morgan fingerprint density at radius 1 is 0.947 bits per heavy atom. The number of nitrogens with zero attached hydrogens (tertiary/aromatic N) is 2. The number of halogens is 1. The van der Waals surface area contributed by atoms with Gasteiger partial charge >= 0.3 is 0 Å². The number of hydrogen-bond donors (Lipinski definition) is 3. The minimum absolute atomic E-state index is 0.287. The molecule has 0 fully saturated rings. The number of carbonyl (C=O) groups excluding carboxylic acids is 2. The lowest BCUT2D eigenvalue weighted by Crippen LogP contribution is -2.32. The third-order valence-corrected chi connectivity index (χ3v) is 6.36. The van der Waals surface area contributed by atoms with Crippen molar-refractivity contribution >= 4 is 29.0 Å². The zero-order valence-electron chi connectivity index (χ0n) is 21.1. The first kappa shape index (κ1) is 24.8. The molecule has 4 aromatic rings. The number of ether oxygens (including phenoxy) is 1. The maximum Gasteiger partial charge on any atom is 0.261 e. The van der Waals surface area contributed by atoms with Crippen LogP contribution in [0.4, 0.5) is 21.6 Å². The maximum atomic E-state index is 13.7. The highest BCUT2D eigenvalue weighted by Crippen LogP contribution is 2.38. The van der Waals surface area contributed by atoms with Gasteiger partial charge < -0.3 is 20.7 Å². The van der Waals surface area contributed by atoms with Crippen molar-refractivity contribution in [1.82, 2.24) is 9.78 Å². The predicted molar refractivity (Wildman–Crippen MR) is 144 cm³/mol. The van der Waals surface area contributed by atoms with Gasteiger partial charge in [-0.2, -0.15) is 5.10 Å². The molecule has 1 atom stereocenters. The number of carbonyl (C=O) groups is 2. The molecule has 5 rings (SSSR count). The van der Waals surface area contributed by atoms with Gasteiger partial charge in [-0.1, -0.05) is 42.0 Å². The molecule has 0 saturated heterocycles. The van der Waals surface area contributed by atoms with Crippen LogP contribution >= 0.6 is 0 Å². The van der Waals surface area contributed by atoms with Gasteiger partial charge in [-0.05, 0) is 55.8 Å². The molecule has 0 bridgehead atoms. The van der Waals surface area contributed by atoms with Crippen molar-refractivity contribution in [2.75, 3.05) is 23.1 Å². The summed E-state index contributed by atoms with van der Waals surface area (Å²) in [6.07, 6.45) is 1.46. The molecule has 1 aliphatic rings. The fourth-order valence-corrected chi connectivity index (χ4v) is 4.44. The van der Waals surface area contributed by atoms with Crippen molar-refractivity contribution in [1.29, 1.82) is 0 Å². The lowest BCUT2D eigenvalue weighted by atomic mass is 9.94. The van der Waals surface area contributed by atoms with Gasteiger partial charge in [0.05, 0.1) is 24.6 Å². The van der Waals surface area contributed by atoms with Crippen molar-refractivity contribution in [2.45, 2.75) is 19.9 Å². The van der Waals surface area contributed by atoms with E-state index in [4.69, 9.17) is 4.74 Å². The quantitative estimate of drug-likeness (QED) is 0.317. The highest BCUT2D eigenvalue weighted by molar-refractivity contribution is 6.09. The molecular weight excluding hydrogens is 485 g/mol. The van der Waals surface area contributed by atoms with Crippen molar-refractivity contribution in [3.05, 3.63) is 113 Å². The minimum Gasteiger partial charge on any atom is -0.495 e. The molecule has 3 N–H and O–H groups in total. The molecule has 9 heteroatoms. The van der Waals surface area contributed by atoms with Crippen LogP contribution in [0.15, 0.2) is 90.3 Å². The van der Waals surface area contributed by atoms with Crippen LogP contribution in [0.25, 0.3) is 0 Å². The monoisotopic (exact) mass is 511 g/mol. The van der Waals surface area contributed by atoms with Crippen LogP contribution in [0.1, 0.15) is 34.5 Å². The summed E-state index contributed by atoms with van der Waals surface area (Å²) in [5.41, 5.74) is 4.20. The Morgan fingerprint density at radius 3 is 2.37 bits per heavy atom. The molecule has 3 aromatic carbocycles. The molecule has 1 aromatic heterocycles. The topological polar surface area (TPSA) is 97.3 Å². The van der Waals surface area contributed by atoms with E-state index in [9.17, 15) is 14.0 Å². The summed E-state index contributed by atoms with van der Waals surface area (Å²) < 4.78 is 20.3. The maximum absolute atomic E-state index is 13.7. The summed E-state index contributed by atoms with van der Waals surface area (Å²) in [4.78, 5) is 26.8. The number of allylic oxidation sites excluding steroid dienone is 1. The Labute approximate surface area is 219 Å². The summed E-state index contributed by atoms with van der Waals surface area (Å²) in [5.74, 6) is -0.157. The Bertz CT molecular complexity index is 1540. The number of hydrogen-bond acceptors (Lipinski definition) is 5. The van der Waals surface area contributed by atoms with E-state index in [-0.39, 0.29) is 11.5 Å². The van der Waals surface area contributed by atoms with Crippen molar-refractivity contribution < 1.29 is 18.7 Å². The SMILES string of the molecule is COc1ccccc1NC(=O)C1=C(C)Nc2c(C(=O)Nc3ccc(F)cc3)cnn2[C@H]1c1ccc(C)cc1. The van der Waals surface area contributed by atoms with E-state index in [0.29, 0.717) is 34.2 Å². The minimum atomic E-state index is -0.603. The lowest BCUT2D eigenvalue weighted by Gasteiger charge is -2.30. The molecule has 2 heterocycles. The fourth-order valence-electron chi connectivity index (χ4n) is 4.44. The van der Waals surface area contributed by atoms with Crippen LogP contribution in [0.3, 0.4) is 0 Å². The van der Waals surface area contributed by atoms with E-state index in [0.717, 1.165) is 11.1 Å². The predicted octanol–water partition coefficient (Wildman–Crippen LogP) is 5.52. The number of fused-ring (bicyclic) bond motifs is 1. The Balaban J connectivity index is 1.54. The van der Waals surface area contributed by atoms with Crippen LogP contribution in [0.2, 0.25) is 0 Å². The van der Waals surface area contributed by atoms with Crippen LogP contribution < -0.4 is 20.7 Å². The second-order valence-electron chi connectivity index (χ2n) is 8.94. The Hall–Kier alpha value is -4.92. The summed E-state index contributed by atoms with van der Waals surface area (Å²) in [5, 5.41) is 13.5. The summed E-state index contributed by atoms with van der Waals surface area (Å²) in [7, 11) is 1.54. The Morgan fingerprint density at radius 2 is 1.66 bits per heavy atom. The Kier molecular flexibility index (Phi) is 6.66. The first-order valence-electron chi connectivity index (χ1n) is 12.0. The second kappa shape index (κ2) is 10.2. The molecule has 1 aliphatic heterocycles. The lowest BCUT2D eigenvalue weighted by molar-refractivity contribution is -0.113. The molecule has 2 amide bonds. The fraction of sp³-hybridized carbons (Fsp3) is 0.138. The molecule has 0 spiro atoms. The van der Waals surface area contributed by atoms with E-state index < -0.39 is 17.8 Å². The number of aromatic nitrogens is 2. The second-order valence-corrected chi connectivity index (χ2v) is 8.94. The standard InChI is InChI=1S/C29H26FN5O3/c1-17-8-10-19(11-9-17)26-25(29(37)34-23-6-4-5-7-24(23)38-3)18(2)32-27-22(16-31-35(26)27)28(36)33-21-14-12-20(30)13-15-21/h4-16,26,32H,1-3H3,(H,33,36)(H,34,37)/t26-/m0/s1. The zero-order chi connectivity index (χ0) is 26.8. The van der Waals surface area contributed by atoms with Gasteiger partial charge in [0.1, 0.15) is 29.0 Å². The number of rotatable bonds is 6. The van der Waals surface area contributed by atoms with Crippen LogP contribution in [-0.2, 0) is 4.79 Å². The average Bonchev–Trinajstić information content (AvgIpc) is 3.33. The summed E-state index contributed by atoms with van der Waals surface area (Å²) >= 11 is 0. The van der Waals surface area contributed by atoms with Gasteiger partial charge in [0, 0.05) is 11.4 Å². The normalized spacial score (nSPS) is 14.4. The first-order valence-corrected chi connectivity index (χ1v) is 12.0. The van der Waals surface area contributed by atoms with Crippen LogP contribution in [0.5, 0.6) is 5.75 Å². The van der Waals surface area contributed by atoms with E-state index in [1.54, 1.807) is 30.8 Å². The van der Waals surface area contributed by atoms with Crippen LogP contribution in [-0.4, -0.2) is 28.7 Å². The van der Waals surface area contributed by atoms with Crippen molar-refractivity contribution in [3.8, 4) is 5.75 Å². The van der Waals surface area contributed by atoms with Crippen molar-refractivity contribution in [2.24, 2.45) is 0 Å². The summed E-state index contributed by atoms with van der Waals surface area (Å²) in [6.45, 7) is 3.77. The molecule has 0 unspecified atom stereocenters. The van der Waals surface area contributed by atoms with Gasteiger partial charge in [-0.15, -0.1) is 0 Å². The highest BCUT2D eigenvalue weighted by Gasteiger charge is 2.35. The van der Waals surface area contributed by atoms with Gasteiger partial charge in [-0.25, -0.2) is 9.07 Å². The largest absolute Gasteiger partial charge is 0.495 e. The van der Waals surface area contributed by atoms with Gasteiger partial charge in [0.15, 0.2) is 0 Å². The molecule has 38 heavy (non-hydrogen) atoms. The smallest absolute Gasteiger partial charge is 0.261 e. The molecule has 0 saturated carbocycles. The summed E-state index contributed by atoms with van der Waals surface area (Å²) in [6, 6.07) is 19.9. The molecular formula is C29H26FN5O3. The number of para-hydroxylation sites is 2. The highest BCUT2D eigenvalue weighted by atomic mass is 19.1. The third-order valence-electron chi connectivity index (χ3n) is 6.36. The van der Waals surface area contributed by atoms with Gasteiger partial charge in [0.2, 0.25) is 0 Å². The van der Waals surface area contributed by atoms with Gasteiger partial charge in [-0.3, -0.25) is 9.59 Å². The molecule has 0 aliphatic carbocycles. The van der Waals surface area contributed by atoms with E-state index in [2.05, 4.69) is 21.0 Å². The average molecular weight is 512 g/mol. The molecule has 0 radical (unpaired) electrons. The van der Waals surface area contributed by atoms with Gasteiger partial charge in [0.25, 0.3) is 11.8 Å². The van der Waals surface area contributed by atoms with Crippen LogP contribution in [0, 0.1) is 12.7 Å². The number of anilines is 3. The number of aryl methyl sites for hydroxylation is 1. The number of nitrogens with one attached hydrogen (secondary N) is 3. The van der Waals surface area contributed by atoms with Crippen molar-refractivity contribution in [3.63, 3.8) is 0 Å². The third kappa shape index (κ3) is 4.73. The number of amides is 2. The zero-order valence-corrected chi connectivity index (χ0v) is 21.1. The first-order chi connectivity index (χ1) is 18.4. The molecule has 192 valence electrons. The van der Waals surface area contributed by atoms with E-state index in [1.165, 1.54) is 30.5 Å². The van der Waals surface area contributed by atoms with E-state index >= 15 is 0 Å². The number of benzene rings is 3. The number of methoxy groups -OCH3 is 1. The van der Waals surface area contributed by atoms with E-state index in [1.807, 2.05) is 43.3 Å².